The van der Waals surface area contributed by atoms with Crippen molar-refractivity contribution in [1.82, 2.24) is 0 Å². The minimum absolute atomic E-state index is 0.0922. The van der Waals surface area contributed by atoms with E-state index in [1.807, 2.05) is 0 Å². The van der Waals surface area contributed by atoms with Crippen LogP contribution in [0.2, 0.25) is 0 Å². The second-order valence-corrected chi connectivity index (χ2v) is 18.1. The number of hydrogen-bond donors (Lipinski definition) is 0. The van der Waals surface area contributed by atoms with Crippen molar-refractivity contribution >= 4 is 17.9 Å². The minimum atomic E-state index is -0.798. The summed E-state index contributed by atoms with van der Waals surface area (Å²) in [6, 6.07) is 0. The summed E-state index contributed by atoms with van der Waals surface area (Å²) >= 11 is 0. The predicted molar refractivity (Wildman–Crippen MR) is 275 cm³/mol. The second kappa shape index (κ2) is 52.7. The highest BCUT2D eigenvalue weighted by Crippen LogP contribution is 2.15. The Morgan fingerprint density at radius 3 is 0.984 bits per heavy atom. The van der Waals surface area contributed by atoms with Gasteiger partial charge in [0.1, 0.15) is 13.2 Å². The second-order valence-electron chi connectivity index (χ2n) is 18.1. The van der Waals surface area contributed by atoms with E-state index in [9.17, 15) is 14.4 Å². The number of carbonyl (C=O) groups excluding carboxylic acids is 3. The Labute approximate surface area is 396 Å². The van der Waals surface area contributed by atoms with Gasteiger partial charge in [0.05, 0.1) is 0 Å². The van der Waals surface area contributed by atoms with Crippen LogP contribution in [0.15, 0.2) is 60.8 Å². The average molecular weight is 895 g/mol. The van der Waals surface area contributed by atoms with E-state index in [4.69, 9.17) is 14.2 Å². The van der Waals surface area contributed by atoms with Crippen LogP contribution in [-0.2, 0) is 28.6 Å². The van der Waals surface area contributed by atoms with Gasteiger partial charge in [-0.2, -0.15) is 0 Å². The Bertz CT molecular complexity index is 1170. The van der Waals surface area contributed by atoms with Gasteiger partial charge in [-0.25, -0.2) is 0 Å². The standard InChI is InChI=1S/C58H102O6/c1-4-7-10-13-16-19-22-25-28-29-31-33-36-39-42-45-48-51-57(60)63-54-55(53-62-56(59)50-47-44-41-38-35-32-27-24-21-18-15-12-9-6-3)64-58(61)52-49-46-43-40-37-34-30-26-23-20-17-14-11-8-5-2/h16,19,25-26,28,30-31,33,39,42,55H,4-15,17-18,20-24,27,29,32,34-38,40-41,43-54H2,1-3H3/b19-16-,28-25-,30-26-,33-31-,42-39-/t55-/m1/s1. The number of ether oxygens (including phenoxy) is 3. The molecule has 0 N–H and O–H groups in total. The van der Waals surface area contributed by atoms with Crippen molar-refractivity contribution in [3.63, 3.8) is 0 Å². The molecule has 0 aromatic carbocycles. The Morgan fingerprint density at radius 2 is 0.578 bits per heavy atom. The Morgan fingerprint density at radius 1 is 0.312 bits per heavy atom. The molecule has 0 aromatic rings. The lowest BCUT2D eigenvalue weighted by Crippen LogP contribution is -2.30. The van der Waals surface area contributed by atoms with Crippen LogP contribution >= 0.6 is 0 Å². The molecule has 0 bridgehead atoms. The number of esters is 3. The van der Waals surface area contributed by atoms with Gasteiger partial charge >= 0.3 is 17.9 Å². The van der Waals surface area contributed by atoms with Gasteiger partial charge < -0.3 is 14.2 Å². The van der Waals surface area contributed by atoms with E-state index in [-0.39, 0.29) is 37.5 Å². The van der Waals surface area contributed by atoms with Gasteiger partial charge in [-0.1, -0.05) is 229 Å². The van der Waals surface area contributed by atoms with E-state index >= 15 is 0 Å². The maximum absolute atomic E-state index is 12.8. The Kier molecular flexibility index (Phi) is 50.4. The number of unbranched alkanes of at least 4 members (excludes halogenated alkanes) is 28. The smallest absolute Gasteiger partial charge is 0.306 e. The van der Waals surface area contributed by atoms with Gasteiger partial charge in [0.15, 0.2) is 6.10 Å². The van der Waals surface area contributed by atoms with Crippen molar-refractivity contribution in [3.05, 3.63) is 60.8 Å². The van der Waals surface area contributed by atoms with Crippen LogP contribution in [0.4, 0.5) is 0 Å². The summed E-state index contributed by atoms with van der Waals surface area (Å²) in [5, 5.41) is 0. The highest BCUT2D eigenvalue weighted by Gasteiger charge is 2.19. The molecule has 64 heavy (non-hydrogen) atoms. The van der Waals surface area contributed by atoms with E-state index in [1.54, 1.807) is 0 Å². The lowest BCUT2D eigenvalue weighted by Gasteiger charge is -2.18. The van der Waals surface area contributed by atoms with Gasteiger partial charge in [-0.05, 0) is 83.5 Å². The molecule has 6 heteroatoms. The van der Waals surface area contributed by atoms with Crippen LogP contribution in [0.5, 0.6) is 0 Å². The Hall–Kier alpha value is -2.89. The summed E-state index contributed by atoms with van der Waals surface area (Å²) in [6.45, 7) is 6.57. The molecule has 0 aliphatic heterocycles. The third kappa shape index (κ3) is 50.1. The lowest BCUT2D eigenvalue weighted by atomic mass is 10.0. The molecule has 370 valence electrons. The molecule has 0 fully saturated rings. The summed E-state index contributed by atoms with van der Waals surface area (Å²) < 4.78 is 16.8. The van der Waals surface area contributed by atoms with Gasteiger partial charge in [0.2, 0.25) is 0 Å². The molecular weight excluding hydrogens is 793 g/mol. The molecule has 0 saturated heterocycles. The van der Waals surface area contributed by atoms with Gasteiger partial charge in [0, 0.05) is 19.3 Å². The van der Waals surface area contributed by atoms with Gasteiger partial charge in [-0.3, -0.25) is 14.4 Å². The summed E-state index contributed by atoms with van der Waals surface area (Å²) in [4.78, 5) is 38.0. The SMILES string of the molecule is CCCCC/C=C\C/C=C\C/C=C\C/C=C\CCCC(=O)OC[C@@H](COC(=O)CCCCCCCCCCCCCCCC)OC(=O)CCCCCCC/C=C\CCCCCCCC. The summed E-state index contributed by atoms with van der Waals surface area (Å²) in [5.74, 6) is -0.951. The van der Waals surface area contributed by atoms with Crippen molar-refractivity contribution in [2.45, 2.75) is 277 Å². The molecule has 0 aliphatic rings. The summed E-state index contributed by atoms with van der Waals surface area (Å²) in [7, 11) is 0. The van der Waals surface area contributed by atoms with E-state index in [1.165, 1.54) is 148 Å². The molecular formula is C58H102O6. The maximum atomic E-state index is 12.8. The predicted octanol–water partition coefficient (Wildman–Crippen LogP) is 18.0. The zero-order chi connectivity index (χ0) is 46.5. The van der Waals surface area contributed by atoms with Crippen LogP contribution in [0, 0.1) is 0 Å². The zero-order valence-corrected chi connectivity index (χ0v) is 42.3. The average Bonchev–Trinajstić information content (AvgIpc) is 3.29. The van der Waals surface area contributed by atoms with Gasteiger partial charge in [-0.15, -0.1) is 0 Å². The van der Waals surface area contributed by atoms with E-state index in [0.717, 1.165) is 77.0 Å². The topological polar surface area (TPSA) is 78.9 Å². The number of rotatable bonds is 49. The van der Waals surface area contributed by atoms with Crippen LogP contribution < -0.4 is 0 Å². The van der Waals surface area contributed by atoms with E-state index < -0.39 is 6.10 Å². The fraction of sp³-hybridized carbons (Fsp3) is 0.776. The van der Waals surface area contributed by atoms with Gasteiger partial charge in [0.25, 0.3) is 0 Å². The number of hydrogen-bond acceptors (Lipinski definition) is 6. The quantitative estimate of drug-likeness (QED) is 0.0262. The third-order valence-electron chi connectivity index (χ3n) is 11.7. The molecule has 0 aromatic heterocycles. The monoisotopic (exact) mass is 895 g/mol. The third-order valence-corrected chi connectivity index (χ3v) is 11.7. The first-order chi connectivity index (χ1) is 31.5. The number of allylic oxidation sites excluding steroid dienone is 10. The normalized spacial score (nSPS) is 12.5. The van der Waals surface area contributed by atoms with Crippen LogP contribution in [-0.4, -0.2) is 37.2 Å². The fourth-order valence-corrected chi connectivity index (χ4v) is 7.61. The van der Waals surface area contributed by atoms with Crippen LogP contribution in [0.3, 0.4) is 0 Å². The lowest BCUT2D eigenvalue weighted by molar-refractivity contribution is -0.167. The zero-order valence-electron chi connectivity index (χ0n) is 42.3. The molecule has 0 radical (unpaired) electrons. The molecule has 0 saturated carbocycles. The first kappa shape index (κ1) is 61.1. The molecule has 1 atom stereocenters. The largest absolute Gasteiger partial charge is 0.462 e. The fourth-order valence-electron chi connectivity index (χ4n) is 7.61. The first-order valence-electron chi connectivity index (χ1n) is 27.3. The van der Waals surface area contributed by atoms with Crippen molar-refractivity contribution in [3.8, 4) is 0 Å². The molecule has 0 heterocycles. The Balaban J connectivity index is 4.46. The van der Waals surface area contributed by atoms with Crippen LogP contribution in [0.1, 0.15) is 271 Å². The highest BCUT2D eigenvalue weighted by molar-refractivity contribution is 5.71. The van der Waals surface area contributed by atoms with E-state index in [2.05, 4.69) is 81.5 Å². The molecule has 0 amide bonds. The summed E-state index contributed by atoms with van der Waals surface area (Å²) in [5.41, 5.74) is 0. The maximum Gasteiger partial charge on any atom is 0.306 e. The molecule has 0 rings (SSSR count). The molecule has 6 nitrogen and oxygen atoms in total. The minimum Gasteiger partial charge on any atom is -0.462 e. The first-order valence-corrected chi connectivity index (χ1v) is 27.3. The molecule has 0 aliphatic carbocycles. The summed E-state index contributed by atoms with van der Waals surface area (Å²) in [6.07, 6.45) is 64.9. The molecule has 0 spiro atoms. The van der Waals surface area contributed by atoms with E-state index in [0.29, 0.717) is 19.3 Å². The van der Waals surface area contributed by atoms with Crippen molar-refractivity contribution in [2.24, 2.45) is 0 Å². The molecule has 0 unspecified atom stereocenters. The van der Waals surface area contributed by atoms with Crippen molar-refractivity contribution < 1.29 is 28.6 Å². The highest BCUT2D eigenvalue weighted by atomic mass is 16.6. The van der Waals surface area contributed by atoms with Crippen molar-refractivity contribution in [1.29, 1.82) is 0 Å². The number of carbonyl (C=O) groups is 3. The van der Waals surface area contributed by atoms with Crippen LogP contribution in [0.25, 0.3) is 0 Å². The van der Waals surface area contributed by atoms with Crippen molar-refractivity contribution in [2.75, 3.05) is 13.2 Å².